The normalized spacial score (nSPS) is 26.7. The van der Waals surface area contributed by atoms with Gasteiger partial charge in [0.15, 0.2) is 0 Å². The lowest BCUT2D eigenvalue weighted by Gasteiger charge is -2.23. The summed E-state index contributed by atoms with van der Waals surface area (Å²) in [5.41, 5.74) is -0.598. The minimum atomic E-state index is -0.598. The fourth-order valence-electron chi connectivity index (χ4n) is 1.99. The molecule has 1 saturated heterocycles. The second-order valence-electron chi connectivity index (χ2n) is 4.64. The zero-order valence-corrected chi connectivity index (χ0v) is 11.0. The molecule has 94 valence electrons. The summed E-state index contributed by atoms with van der Waals surface area (Å²) in [7, 11) is 0. The first kappa shape index (κ1) is 13.8. The van der Waals surface area contributed by atoms with Gasteiger partial charge in [-0.05, 0) is 32.1 Å². The quantitative estimate of drug-likeness (QED) is 0.732. The van der Waals surface area contributed by atoms with Crippen LogP contribution in [-0.4, -0.2) is 30.5 Å². The van der Waals surface area contributed by atoms with Gasteiger partial charge in [0.25, 0.3) is 5.91 Å². The van der Waals surface area contributed by atoms with E-state index in [0.29, 0.717) is 24.9 Å². The fourth-order valence-corrected chi connectivity index (χ4v) is 2.30. The van der Waals surface area contributed by atoms with Crippen molar-refractivity contribution >= 4 is 17.5 Å². The number of carbonyl (C=O) groups is 1. The maximum atomic E-state index is 11.9. The standard InChI is InChI=1S/C12H22ClNO2/c1-3-10(5-7-13)9-14-11(15)12(2)6-4-8-16-12/h10H,3-9H2,1-2H3,(H,14,15). The largest absolute Gasteiger partial charge is 0.365 e. The molecule has 1 amide bonds. The molecule has 2 atom stereocenters. The molecule has 1 N–H and O–H groups in total. The molecule has 1 rings (SSSR count). The number of ether oxygens (including phenoxy) is 1. The fraction of sp³-hybridized carbons (Fsp3) is 0.917. The highest BCUT2D eigenvalue weighted by Crippen LogP contribution is 2.25. The van der Waals surface area contributed by atoms with Gasteiger partial charge in [-0.3, -0.25) is 4.79 Å². The van der Waals surface area contributed by atoms with E-state index in [-0.39, 0.29) is 5.91 Å². The Kier molecular flexibility index (Phi) is 5.56. The van der Waals surface area contributed by atoms with Crippen LogP contribution in [0.25, 0.3) is 0 Å². The molecule has 0 aliphatic carbocycles. The van der Waals surface area contributed by atoms with E-state index in [1.54, 1.807) is 0 Å². The van der Waals surface area contributed by atoms with Gasteiger partial charge in [0, 0.05) is 19.0 Å². The molecule has 16 heavy (non-hydrogen) atoms. The van der Waals surface area contributed by atoms with Crippen molar-refractivity contribution < 1.29 is 9.53 Å². The number of carbonyl (C=O) groups excluding carboxylic acids is 1. The maximum absolute atomic E-state index is 11.9. The number of halogens is 1. The SMILES string of the molecule is CCC(CCCl)CNC(=O)C1(C)CCCO1. The lowest BCUT2D eigenvalue weighted by atomic mass is 10.00. The molecular weight excluding hydrogens is 226 g/mol. The average molecular weight is 248 g/mol. The van der Waals surface area contributed by atoms with E-state index in [1.807, 2.05) is 6.92 Å². The first-order chi connectivity index (χ1) is 7.62. The molecule has 4 heteroatoms. The second kappa shape index (κ2) is 6.45. The third-order valence-electron chi connectivity index (χ3n) is 3.35. The number of nitrogens with one attached hydrogen (secondary N) is 1. The predicted octanol–water partition coefficient (Wildman–Crippen LogP) is 2.33. The van der Waals surface area contributed by atoms with E-state index in [2.05, 4.69) is 12.2 Å². The highest BCUT2D eigenvalue weighted by atomic mass is 35.5. The van der Waals surface area contributed by atoms with Crippen molar-refractivity contribution in [3.8, 4) is 0 Å². The Morgan fingerprint density at radius 1 is 1.62 bits per heavy atom. The second-order valence-corrected chi connectivity index (χ2v) is 5.02. The predicted molar refractivity (Wildman–Crippen MR) is 65.7 cm³/mol. The molecule has 0 bridgehead atoms. The summed E-state index contributed by atoms with van der Waals surface area (Å²) < 4.78 is 5.49. The molecule has 2 unspecified atom stereocenters. The molecule has 1 fully saturated rings. The number of hydrogen-bond donors (Lipinski definition) is 1. The molecule has 0 spiro atoms. The highest BCUT2D eigenvalue weighted by molar-refractivity contribution is 6.17. The van der Waals surface area contributed by atoms with Crippen molar-refractivity contribution in [2.24, 2.45) is 5.92 Å². The van der Waals surface area contributed by atoms with Crippen LogP contribution in [0.15, 0.2) is 0 Å². The molecule has 1 aliphatic heterocycles. The first-order valence-electron chi connectivity index (χ1n) is 6.10. The molecule has 3 nitrogen and oxygen atoms in total. The van der Waals surface area contributed by atoms with Crippen molar-refractivity contribution in [3.05, 3.63) is 0 Å². The van der Waals surface area contributed by atoms with Crippen molar-refractivity contribution in [1.82, 2.24) is 5.32 Å². The molecular formula is C12H22ClNO2. The van der Waals surface area contributed by atoms with Gasteiger partial charge < -0.3 is 10.1 Å². The van der Waals surface area contributed by atoms with Crippen LogP contribution in [0, 0.1) is 5.92 Å². The average Bonchev–Trinajstić information content (AvgIpc) is 2.72. The number of amides is 1. The summed E-state index contributed by atoms with van der Waals surface area (Å²) in [5, 5.41) is 2.98. The summed E-state index contributed by atoms with van der Waals surface area (Å²) in [4.78, 5) is 11.9. The topological polar surface area (TPSA) is 38.3 Å². The number of alkyl halides is 1. The molecule has 0 radical (unpaired) electrons. The Hall–Kier alpha value is -0.280. The van der Waals surface area contributed by atoms with E-state index in [1.165, 1.54) is 0 Å². The summed E-state index contributed by atoms with van der Waals surface area (Å²) in [6.45, 7) is 5.40. The van der Waals surface area contributed by atoms with Crippen LogP contribution in [0.1, 0.15) is 39.5 Å². The van der Waals surface area contributed by atoms with Gasteiger partial charge in [-0.2, -0.15) is 0 Å². The van der Waals surface area contributed by atoms with Gasteiger partial charge in [-0.25, -0.2) is 0 Å². The summed E-state index contributed by atoms with van der Waals surface area (Å²) in [6.07, 6.45) is 3.80. The summed E-state index contributed by atoms with van der Waals surface area (Å²) in [5.74, 6) is 1.16. The zero-order chi connectivity index (χ0) is 12.0. The monoisotopic (exact) mass is 247 g/mol. The molecule has 1 heterocycles. The van der Waals surface area contributed by atoms with E-state index in [9.17, 15) is 4.79 Å². The summed E-state index contributed by atoms with van der Waals surface area (Å²) in [6, 6.07) is 0. The van der Waals surface area contributed by atoms with Crippen molar-refractivity contribution in [1.29, 1.82) is 0 Å². The smallest absolute Gasteiger partial charge is 0.251 e. The first-order valence-corrected chi connectivity index (χ1v) is 6.64. The van der Waals surface area contributed by atoms with Gasteiger partial charge in [-0.1, -0.05) is 13.3 Å². The maximum Gasteiger partial charge on any atom is 0.251 e. The van der Waals surface area contributed by atoms with Crippen LogP contribution in [0.5, 0.6) is 0 Å². The highest BCUT2D eigenvalue weighted by Gasteiger charge is 2.37. The molecule has 1 aliphatic rings. The van der Waals surface area contributed by atoms with Gasteiger partial charge >= 0.3 is 0 Å². The van der Waals surface area contributed by atoms with Crippen LogP contribution >= 0.6 is 11.6 Å². The van der Waals surface area contributed by atoms with Crippen LogP contribution in [0.3, 0.4) is 0 Å². The zero-order valence-electron chi connectivity index (χ0n) is 10.2. The minimum Gasteiger partial charge on any atom is -0.365 e. The lowest BCUT2D eigenvalue weighted by molar-refractivity contribution is -0.139. The van der Waals surface area contributed by atoms with Gasteiger partial charge in [0.2, 0.25) is 0 Å². The summed E-state index contributed by atoms with van der Waals surface area (Å²) >= 11 is 5.71. The van der Waals surface area contributed by atoms with Crippen molar-refractivity contribution in [2.45, 2.75) is 45.1 Å². The Bertz CT molecular complexity index is 227. The third kappa shape index (κ3) is 3.63. The minimum absolute atomic E-state index is 0.0259. The Morgan fingerprint density at radius 2 is 2.38 bits per heavy atom. The van der Waals surface area contributed by atoms with Crippen LogP contribution in [0.4, 0.5) is 0 Å². The van der Waals surface area contributed by atoms with Crippen LogP contribution < -0.4 is 5.32 Å². The van der Waals surface area contributed by atoms with E-state index in [0.717, 1.165) is 25.7 Å². The van der Waals surface area contributed by atoms with Crippen LogP contribution in [0.2, 0.25) is 0 Å². The van der Waals surface area contributed by atoms with Gasteiger partial charge in [0.05, 0.1) is 0 Å². The van der Waals surface area contributed by atoms with Gasteiger partial charge in [-0.15, -0.1) is 11.6 Å². The molecule has 0 aromatic carbocycles. The number of hydrogen-bond acceptors (Lipinski definition) is 2. The molecule has 0 aromatic rings. The van der Waals surface area contributed by atoms with E-state index in [4.69, 9.17) is 16.3 Å². The third-order valence-corrected chi connectivity index (χ3v) is 3.56. The number of rotatable bonds is 6. The molecule has 0 aromatic heterocycles. The van der Waals surface area contributed by atoms with Gasteiger partial charge in [0.1, 0.15) is 5.60 Å². The Morgan fingerprint density at radius 3 is 2.88 bits per heavy atom. The van der Waals surface area contributed by atoms with Crippen molar-refractivity contribution in [3.63, 3.8) is 0 Å². The Labute approximate surface area is 103 Å². The van der Waals surface area contributed by atoms with E-state index < -0.39 is 5.60 Å². The van der Waals surface area contributed by atoms with E-state index >= 15 is 0 Å². The van der Waals surface area contributed by atoms with Crippen molar-refractivity contribution in [2.75, 3.05) is 19.0 Å². The Balaban J connectivity index is 2.33. The van der Waals surface area contributed by atoms with Crippen LogP contribution in [-0.2, 0) is 9.53 Å². The molecule has 0 saturated carbocycles. The lowest BCUT2D eigenvalue weighted by Crippen LogP contribution is -2.45.